The SMILES string of the molecule is Cc1n[nH]c(C)c1NC(=O)CN1CCN(C)CC1c1ccccc1. The smallest absolute Gasteiger partial charge is 0.238 e. The second kappa shape index (κ2) is 7.15. The van der Waals surface area contributed by atoms with Gasteiger partial charge in [-0.25, -0.2) is 0 Å². The summed E-state index contributed by atoms with van der Waals surface area (Å²) in [7, 11) is 2.13. The monoisotopic (exact) mass is 327 g/mol. The lowest BCUT2D eigenvalue weighted by Crippen LogP contribution is -2.49. The highest BCUT2D eigenvalue weighted by molar-refractivity contribution is 5.93. The summed E-state index contributed by atoms with van der Waals surface area (Å²) < 4.78 is 0. The summed E-state index contributed by atoms with van der Waals surface area (Å²) in [5, 5.41) is 10.0. The number of nitrogens with one attached hydrogen (secondary N) is 2. The molecule has 3 rings (SSSR count). The van der Waals surface area contributed by atoms with Crippen LogP contribution in [0.3, 0.4) is 0 Å². The summed E-state index contributed by atoms with van der Waals surface area (Å²) in [6, 6.07) is 10.7. The lowest BCUT2D eigenvalue weighted by Gasteiger charge is -2.39. The Bertz CT molecular complexity index is 677. The minimum Gasteiger partial charge on any atom is -0.322 e. The second-order valence-electron chi connectivity index (χ2n) is 6.52. The molecule has 1 aliphatic rings. The third kappa shape index (κ3) is 3.66. The van der Waals surface area contributed by atoms with Crippen LogP contribution < -0.4 is 5.32 Å². The van der Waals surface area contributed by atoms with Gasteiger partial charge in [0.25, 0.3) is 0 Å². The van der Waals surface area contributed by atoms with E-state index < -0.39 is 0 Å². The van der Waals surface area contributed by atoms with Crippen molar-refractivity contribution >= 4 is 11.6 Å². The van der Waals surface area contributed by atoms with Gasteiger partial charge in [-0.05, 0) is 26.5 Å². The van der Waals surface area contributed by atoms with Crippen LogP contribution in [0, 0.1) is 13.8 Å². The topological polar surface area (TPSA) is 64.3 Å². The molecule has 6 nitrogen and oxygen atoms in total. The predicted octanol–water partition coefficient (Wildman–Crippen LogP) is 1.95. The van der Waals surface area contributed by atoms with Crippen molar-refractivity contribution in [3.63, 3.8) is 0 Å². The summed E-state index contributed by atoms with van der Waals surface area (Å²) in [6.07, 6.45) is 0. The highest BCUT2D eigenvalue weighted by atomic mass is 16.2. The molecular weight excluding hydrogens is 302 g/mol. The maximum absolute atomic E-state index is 12.5. The van der Waals surface area contributed by atoms with Crippen molar-refractivity contribution in [3.8, 4) is 0 Å². The zero-order valence-electron chi connectivity index (χ0n) is 14.5. The molecule has 128 valence electrons. The molecule has 1 saturated heterocycles. The highest BCUT2D eigenvalue weighted by Gasteiger charge is 2.28. The lowest BCUT2D eigenvalue weighted by atomic mass is 10.0. The quantitative estimate of drug-likeness (QED) is 0.901. The summed E-state index contributed by atoms with van der Waals surface area (Å²) in [5.74, 6) is 0.00749. The van der Waals surface area contributed by atoms with Gasteiger partial charge in [-0.1, -0.05) is 30.3 Å². The van der Waals surface area contributed by atoms with Gasteiger partial charge < -0.3 is 10.2 Å². The number of piperazine rings is 1. The summed E-state index contributed by atoms with van der Waals surface area (Å²) in [6.45, 7) is 6.98. The number of nitrogens with zero attached hydrogens (tertiary/aromatic N) is 3. The van der Waals surface area contributed by atoms with E-state index in [1.165, 1.54) is 5.56 Å². The van der Waals surface area contributed by atoms with Crippen molar-refractivity contribution in [2.24, 2.45) is 0 Å². The van der Waals surface area contributed by atoms with Crippen molar-refractivity contribution in [1.29, 1.82) is 0 Å². The van der Waals surface area contributed by atoms with E-state index in [4.69, 9.17) is 0 Å². The average Bonchev–Trinajstić information content (AvgIpc) is 2.89. The molecule has 1 aliphatic heterocycles. The summed E-state index contributed by atoms with van der Waals surface area (Å²) >= 11 is 0. The summed E-state index contributed by atoms with van der Waals surface area (Å²) in [5.41, 5.74) is 3.76. The van der Waals surface area contributed by atoms with E-state index >= 15 is 0 Å². The third-order valence-corrected chi connectivity index (χ3v) is 4.62. The molecule has 2 aromatic rings. The Labute approximate surface area is 142 Å². The van der Waals surface area contributed by atoms with Crippen LogP contribution in [0.5, 0.6) is 0 Å². The van der Waals surface area contributed by atoms with Gasteiger partial charge in [-0.2, -0.15) is 5.10 Å². The van der Waals surface area contributed by atoms with Gasteiger partial charge in [0.2, 0.25) is 5.91 Å². The lowest BCUT2D eigenvalue weighted by molar-refractivity contribution is -0.118. The summed E-state index contributed by atoms with van der Waals surface area (Å²) in [4.78, 5) is 17.1. The maximum atomic E-state index is 12.5. The maximum Gasteiger partial charge on any atom is 0.238 e. The molecule has 1 aromatic heterocycles. The minimum atomic E-state index is 0.00749. The number of hydrogen-bond acceptors (Lipinski definition) is 4. The van der Waals surface area contributed by atoms with Gasteiger partial charge in [0.05, 0.1) is 23.6 Å². The van der Waals surface area contributed by atoms with E-state index in [9.17, 15) is 4.79 Å². The van der Waals surface area contributed by atoms with Crippen LogP contribution in [0.1, 0.15) is 23.0 Å². The third-order valence-electron chi connectivity index (χ3n) is 4.62. The Hall–Kier alpha value is -2.18. The Kier molecular flexibility index (Phi) is 4.97. The molecule has 0 spiro atoms. The van der Waals surface area contributed by atoms with Crippen molar-refractivity contribution in [1.82, 2.24) is 20.0 Å². The molecule has 1 amide bonds. The van der Waals surface area contributed by atoms with Gasteiger partial charge in [0.1, 0.15) is 0 Å². The number of aromatic nitrogens is 2. The molecular formula is C18H25N5O. The first-order valence-corrected chi connectivity index (χ1v) is 8.33. The Morgan fingerprint density at radius 1 is 1.29 bits per heavy atom. The molecule has 1 atom stereocenters. The number of carbonyl (C=O) groups excluding carboxylic acids is 1. The Morgan fingerprint density at radius 3 is 2.71 bits per heavy atom. The first-order chi connectivity index (χ1) is 11.5. The van der Waals surface area contributed by atoms with Crippen LogP contribution in [0.2, 0.25) is 0 Å². The van der Waals surface area contributed by atoms with Gasteiger partial charge in [0.15, 0.2) is 0 Å². The van der Waals surface area contributed by atoms with E-state index in [0.717, 1.165) is 36.7 Å². The number of carbonyl (C=O) groups is 1. The van der Waals surface area contributed by atoms with Crippen LogP contribution in [-0.2, 0) is 4.79 Å². The molecule has 0 bridgehead atoms. The van der Waals surface area contributed by atoms with E-state index in [1.807, 2.05) is 19.9 Å². The van der Waals surface area contributed by atoms with Crippen molar-refractivity contribution in [2.75, 3.05) is 38.5 Å². The largest absolute Gasteiger partial charge is 0.322 e. The van der Waals surface area contributed by atoms with Crippen molar-refractivity contribution in [2.45, 2.75) is 19.9 Å². The zero-order chi connectivity index (χ0) is 17.1. The molecule has 2 N–H and O–H groups in total. The molecule has 2 heterocycles. The fourth-order valence-corrected chi connectivity index (χ4v) is 3.24. The standard InChI is InChI=1S/C18H25N5O/c1-13-18(14(2)21-20-13)19-17(24)12-23-10-9-22(3)11-16(23)15-7-5-4-6-8-15/h4-8,16H,9-12H2,1-3H3,(H,19,24)(H,20,21). The number of anilines is 1. The Balaban J connectivity index is 1.71. The normalized spacial score (nSPS) is 19.4. The van der Waals surface area contributed by atoms with Gasteiger partial charge in [0, 0.05) is 25.7 Å². The van der Waals surface area contributed by atoms with Crippen molar-refractivity contribution in [3.05, 3.63) is 47.3 Å². The minimum absolute atomic E-state index is 0.00749. The number of hydrogen-bond donors (Lipinski definition) is 2. The van der Waals surface area contributed by atoms with E-state index in [2.05, 4.69) is 56.6 Å². The zero-order valence-corrected chi connectivity index (χ0v) is 14.5. The fourth-order valence-electron chi connectivity index (χ4n) is 3.24. The van der Waals surface area contributed by atoms with Gasteiger partial charge in [-0.15, -0.1) is 0 Å². The van der Waals surface area contributed by atoms with Crippen molar-refractivity contribution < 1.29 is 4.79 Å². The van der Waals surface area contributed by atoms with Crippen LogP contribution in [0.25, 0.3) is 0 Å². The predicted molar refractivity (Wildman–Crippen MR) is 94.9 cm³/mol. The van der Waals surface area contributed by atoms with E-state index in [-0.39, 0.29) is 11.9 Å². The van der Waals surface area contributed by atoms with Crippen LogP contribution in [0.15, 0.2) is 30.3 Å². The number of benzene rings is 1. The fraction of sp³-hybridized carbons (Fsp3) is 0.444. The van der Waals surface area contributed by atoms with Gasteiger partial charge >= 0.3 is 0 Å². The second-order valence-corrected chi connectivity index (χ2v) is 6.52. The number of rotatable bonds is 4. The molecule has 0 aliphatic carbocycles. The molecule has 1 unspecified atom stereocenters. The van der Waals surface area contributed by atoms with E-state index in [0.29, 0.717) is 6.54 Å². The molecule has 1 fully saturated rings. The Morgan fingerprint density at radius 2 is 2.04 bits per heavy atom. The molecule has 1 aromatic carbocycles. The van der Waals surface area contributed by atoms with Crippen LogP contribution >= 0.6 is 0 Å². The number of aryl methyl sites for hydroxylation is 2. The number of amides is 1. The number of H-pyrrole nitrogens is 1. The average molecular weight is 327 g/mol. The number of aromatic amines is 1. The van der Waals surface area contributed by atoms with Crippen LogP contribution in [0.4, 0.5) is 5.69 Å². The van der Waals surface area contributed by atoms with E-state index in [1.54, 1.807) is 0 Å². The highest BCUT2D eigenvalue weighted by Crippen LogP contribution is 2.25. The first kappa shape index (κ1) is 16.7. The molecule has 6 heteroatoms. The molecule has 24 heavy (non-hydrogen) atoms. The number of likely N-dealkylation sites (N-methyl/N-ethyl adjacent to an activating group) is 1. The molecule has 0 saturated carbocycles. The van der Waals surface area contributed by atoms with Gasteiger partial charge in [-0.3, -0.25) is 14.8 Å². The van der Waals surface area contributed by atoms with Crippen LogP contribution in [-0.4, -0.2) is 59.1 Å². The first-order valence-electron chi connectivity index (χ1n) is 8.33. The molecule has 0 radical (unpaired) electrons.